The first-order valence-corrected chi connectivity index (χ1v) is 12.5. The van der Waals surface area contributed by atoms with E-state index in [0.717, 1.165) is 32.9 Å². The molecule has 1 fully saturated rings. The Labute approximate surface area is 211 Å². The fourth-order valence-corrected chi connectivity index (χ4v) is 4.84. The maximum absolute atomic E-state index is 12.7. The molecule has 1 aliphatic carbocycles. The van der Waals surface area contributed by atoms with Crippen molar-refractivity contribution in [2.75, 3.05) is 7.11 Å². The van der Waals surface area contributed by atoms with E-state index in [1.165, 1.54) is 6.42 Å². The van der Waals surface area contributed by atoms with Crippen LogP contribution in [-0.2, 0) is 11.4 Å². The summed E-state index contributed by atoms with van der Waals surface area (Å²) in [5.41, 5.74) is 1.84. The van der Waals surface area contributed by atoms with E-state index >= 15 is 0 Å². The van der Waals surface area contributed by atoms with Crippen molar-refractivity contribution >= 4 is 50.5 Å². The van der Waals surface area contributed by atoms with Gasteiger partial charge in [0.05, 0.1) is 10.7 Å². The molecule has 1 N–H and O–H groups in total. The van der Waals surface area contributed by atoms with Crippen molar-refractivity contribution in [1.82, 2.24) is 5.32 Å². The molecule has 1 amide bonds. The largest absolute Gasteiger partial charge is 0.493 e. The summed E-state index contributed by atoms with van der Waals surface area (Å²) >= 11 is 5.61. The first-order valence-electron chi connectivity index (χ1n) is 10.6. The first-order chi connectivity index (χ1) is 15.4. The number of hydrogen-bond acceptors (Lipinski definition) is 4. The van der Waals surface area contributed by atoms with Gasteiger partial charge in [-0.15, -0.1) is 0 Å². The molecule has 0 radical (unpaired) electrons. The van der Waals surface area contributed by atoms with Crippen molar-refractivity contribution in [1.29, 1.82) is 5.26 Å². The molecule has 2 aromatic carbocycles. The summed E-state index contributed by atoms with van der Waals surface area (Å²) in [4.78, 5) is 12.7. The van der Waals surface area contributed by atoms with E-state index in [2.05, 4.69) is 50.8 Å². The van der Waals surface area contributed by atoms with Crippen molar-refractivity contribution < 1.29 is 14.3 Å². The van der Waals surface area contributed by atoms with Crippen LogP contribution in [0.25, 0.3) is 6.08 Å². The van der Waals surface area contributed by atoms with Crippen molar-refractivity contribution in [3.05, 3.63) is 61.1 Å². The van der Waals surface area contributed by atoms with Gasteiger partial charge in [-0.2, -0.15) is 5.26 Å². The van der Waals surface area contributed by atoms with Crippen LogP contribution in [0.15, 0.2) is 46.4 Å². The number of amides is 1. The number of hydrogen-bond donors (Lipinski definition) is 1. The lowest BCUT2D eigenvalue weighted by atomic mass is 9.86. The molecule has 168 valence electrons. The van der Waals surface area contributed by atoms with Gasteiger partial charge in [-0.05, 0) is 82.8 Å². The standard InChI is InChI=1S/C25H26BrIN2O3/c1-16-5-3-4-6-22(16)29-25(30)19(14-28)11-18-12-21(27)24(23(13-18)31-2)32-15-17-7-9-20(26)10-8-17/h7-13,16,22H,3-6,15H2,1-2H3,(H,29,30)/b19-11+/t16-,22-/m1/s1. The normalized spacial score (nSPS) is 18.5. The van der Waals surface area contributed by atoms with Crippen LogP contribution in [0.2, 0.25) is 0 Å². The minimum Gasteiger partial charge on any atom is -0.493 e. The molecule has 2 atom stereocenters. The Morgan fingerprint density at radius 1 is 1.28 bits per heavy atom. The zero-order valence-corrected chi connectivity index (χ0v) is 21.9. The maximum Gasteiger partial charge on any atom is 0.262 e. The van der Waals surface area contributed by atoms with Gasteiger partial charge in [0, 0.05) is 10.5 Å². The third-order valence-corrected chi connectivity index (χ3v) is 6.98. The van der Waals surface area contributed by atoms with Crippen molar-refractivity contribution in [2.45, 2.75) is 45.3 Å². The van der Waals surface area contributed by atoms with Crippen LogP contribution in [0.3, 0.4) is 0 Å². The van der Waals surface area contributed by atoms with Crippen LogP contribution in [0.5, 0.6) is 11.5 Å². The average Bonchev–Trinajstić information content (AvgIpc) is 2.79. The first kappa shape index (κ1) is 24.6. The smallest absolute Gasteiger partial charge is 0.262 e. The molecule has 0 spiro atoms. The quantitative estimate of drug-likeness (QED) is 0.229. The molecule has 0 heterocycles. The molecule has 0 bridgehead atoms. The summed E-state index contributed by atoms with van der Waals surface area (Å²) in [6, 6.07) is 13.8. The van der Waals surface area contributed by atoms with Crippen LogP contribution < -0.4 is 14.8 Å². The summed E-state index contributed by atoms with van der Waals surface area (Å²) in [5, 5.41) is 12.6. The average molecular weight is 609 g/mol. The zero-order valence-electron chi connectivity index (χ0n) is 18.2. The van der Waals surface area contributed by atoms with Gasteiger partial charge in [0.15, 0.2) is 11.5 Å². The minimum absolute atomic E-state index is 0.0872. The van der Waals surface area contributed by atoms with E-state index in [1.54, 1.807) is 19.3 Å². The van der Waals surface area contributed by atoms with Crippen LogP contribution in [0.4, 0.5) is 0 Å². The highest BCUT2D eigenvalue weighted by molar-refractivity contribution is 14.1. The Kier molecular flexibility index (Phi) is 9.00. The van der Waals surface area contributed by atoms with Gasteiger partial charge in [0.2, 0.25) is 0 Å². The molecule has 5 nitrogen and oxygen atoms in total. The fraction of sp³-hybridized carbons (Fsp3) is 0.360. The summed E-state index contributed by atoms with van der Waals surface area (Å²) < 4.78 is 13.4. The molecule has 3 rings (SSSR count). The van der Waals surface area contributed by atoms with Gasteiger partial charge in [0.25, 0.3) is 5.91 Å². The van der Waals surface area contributed by atoms with Gasteiger partial charge in [-0.3, -0.25) is 4.79 Å². The number of halogens is 2. The van der Waals surface area contributed by atoms with Gasteiger partial charge >= 0.3 is 0 Å². The zero-order chi connectivity index (χ0) is 23.1. The van der Waals surface area contributed by atoms with Gasteiger partial charge < -0.3 is 14.8 Å². The topological polar surface area (TPSA) is 71.3 Å². The van der Waals surface area contributed by atoms with Crippen molar-refractivity contribution in [3.8, 4) is 17.6 Å². The lowest BCUT2D eigenvalue weighted by Gasteiger charge is -2.29. The maximum atomic E-state index is 12.7. The number of nitrogens with one attached hydrogen (secondary N) is 1. The number of nitrogens with zero attached hydrogens (tertiary/aromatic N) is 1. The summed E-state index contributed by atoms with van der Waals surface area (Å²) in [6.45, 7) is 2.56. The third-order valence-electron chi connectivity index (χ3n) is 5.65. The number of nitriles is 1. The molecule has 0 aliphatic heterocycles. The molecule has 1 aliphatic rings. The van der Waals surface area contributed by atoms with Crippen molar-refractivity contribution in [2.24, 2.45) is 5.92 Å². The second-order valence-electron chi connectivity index (χ2n) is 7.96. The summed E-state index contributed by atoms with van der Waals surface area (Å²) in [6.07, 6.45) is 5.97. The predicted octanol–water partition coefficient (Wildman–Crippen LogP) is 6.24. The van der Waals surface area contributed by atoms with Crippen molar-refractivity contribution in [3.63, 3.8) is 0 Å². The van der Waals surface area contributed by atoms with E-state index in [0.29, 0.717) is 29.6 Å². The number of methoxy groups -OCH3 is 1. The fourth-order valence-electron chi connectivity index (χ4n) is 3.79. The summed E-state index contributed by atoms with van der Waals surface area (Å²) in [5.74, 6) is 1.29. The highest BCUT2D eigenvalue weighted by Crippen LogP contribution is 2.35. The van der Waals surface area contributed by atoms with E-state index in [9.17, 15) is 10.1 Å². The molecule has 0 aromatic heterocycles. The Balaban J connectivity index is 1.77. The van der Waals surface area contributed by atoms with Gasteiger partial charge in [-0.1, -0.05) is 47.8 Å². The van der Waals surface area contributed by atoms with E-state index < -0.39 is 0 Å². The molecular weight excluding hydrogens is 583 g/mol. The number of ether oxygens (including phenoxy) is 2. The van der Waals surface area contributed by atoms with Gasteiger partial charge in [0.1, 0.15) is 18.2 Å². The van der Waals surface area contributed by atoms with E-state index in [1.807, 2.05) is 36.4 Å². The Hall–Kier alpha value is -2.05. The lowest BCUT2D eigenvalue weighted by Crippen LogP contribution is -2.41. The third kappa shape index (κ3) is 6.48. The highest BCUT2D eigenvalue weighted by atomic mass is 127. The Morgan fingerprint density at radius 3 is 2.66 bits per heavy atom. The number of carbonyl (C=O) groups is 1. The number of benzene rings is 2. The Bertz CT molecular complexity index is 1030. The van der Waals surface area contributed by atoms with Crippen LogP contribution in [0, 0.1) is 20.8 Å². The molecule has 32 heavy (non-hydrogen) atoms. The van der Waals surface area contributed by atoms with E-state index in [4.69, 9.17) is 9.47 Å². The summed E-state index contributed by atoms with van der Waals surface area (Å²) in [7, 11) is 1.58. The van der Waals surface area contributed by atoms with Crippen LogP contribution >= 0.6 is 38.5 Å². The number of rotatable bonds is 7. The molecule has 0 saturated heterocycles. The predicted molar refractivity (Wildman–Crippen MR) is 137 cm³/mol. The highest BCUT2D eigenvalue weighted by Gasteiger charge is 2.24. The molecule has 2 aromatic rings. The monoisotopic (exact) mass is 608 g/mol. The Morgan fingerprint density at radius 2 is 2.00 bits per heavy atom. The molecular formula is C25H26BrIN2O3. The van der Waals surface area contributed by atoms with E-state index in [-0.39, 0.29) is 17.5 Å². The lowest BCUT2D eigenvalue weighted by molar-refractivity contribution is -0.118. The second kappa shape index (κ2) is 11.7. The molecule has 7 heteroatoms. The molecule has 0 unspecified atom stereocenters. The number of carbonyl (C=O) groups excluding carboxylic acids is 1. The van der Waals surface area contributed by atoms with Gasteiger partial charge in [-0.25, -0.2) is 0 Å². The second-order valence-corrected chi connectivity index (χ2v) is 10.0. The van der Waals surface area contributed by atoms with Crippen LogP contribution in [-0.4, -0.2) is 19.1 Å². The minimum atomic E-state index is -0.323. The SMILES string of the molecule is COc1cc(/C=C(\C#N)C(=O)N[C@@H]2CCCC[C@H]2C)cc(I)c1OCc1ccc(Br)cc1. The molecule has 1 saturated carbocycles. The van der Waals surface area contributed by atoms with Crippen LogP contribution in [0.1, 0.15) is 43.7 Å².